The van der Waals surface area contributed by atoms with Crippen LogP contribution >= 0.6 is 0 Å². The number of benzene rings is 1. The van der Waals surface area contributed by atoms with Gasteiger partial charge >= 0.3 is 0 Å². The van der Waals surface area contributed by atoms with Gasteiger partial charge in [0.05, 0.1) is 20.5 Å². The van der Waals surface area contributed by atoms with Crippen molar-refractivity contribution in [1.82, 2.24) is 15.1 Å². The minimum atomic E-state index is -0.0267. The Morgan fingerprint density at radius 1 is 1.11 bits per heavy atom. The Labute approximate surface area is 162 Å². The number of ether oxygens (including phenoxy) is 2. The fourth-order valence-corrected chi connectivity index (χ4v) is 3.38. The van der Waals surface area contributed by atoms with Gasteiger partial charge in [0.1, 0.15) is 0 Å². The second-order valence-corrected chi connectivity index (χ2v) is 6.56. The molecule has 0 N–H and O–H groups in total. The van der Waals surface area contributed by atoms with E-state index in [1.807, 2.05) is 4.90 Å². The largest absolute Gasteiger partial charge is 0.493 e. The monoisotopic (exact) mass is 383 g/mol. The lowest BCUT2D eigenvalue weighted by Gasteiger charge is -2.30. The summed E-state index contributed by atoms with van der Waals surface area (Å²) >= 11 is 0. The van der Waals surface area contributed by atoms with Gasteiger partial charge in [0, 0.05) is 24.6 Å². The molecule has 8 heteroatoms. The minimum absolute atomic E-state index is 0.0267. The molecule has 1 fully saturated rings. The van der Waals surface area contributed by atoms with E-state index in [1.54, 1.807) is 50.8 Å². The number of piperidine rings is 1. The Bertz CT molecular complexity index is 943. The summed E-state index contributed by atoms with van der Waals surface area (Å²) in [6.45, 7) is 1.24. The molecule has 0 saturated carbocycles. The molecule has 1 amide bonds. The van der Waals surface area contributed by atoms with E-state index < -0.39 is 0 Å². The van der Waals surface area contributed by atoms with Gasteiger partial charge in [0.15, 0.2) is 17.3 Å². The van der Waals surface area contributed by atoms with Gasteiger partial charge in [0.25, 0.3) is 11.8 Å². The van der Waals surface area contributed by atoms with E-state index in [2.05, 4.69) is 10.2 Å². The predicted octanol–water partition coefficient (Wildman–Crippen LogP) is 3.37. The van der Waals surface area contributed by atoms with Crippen molar-refractivity contribution >= 4 is 5.91 Å². The van der Waals surface area contributed by atoms with Gasteiger partial charge in [0.2, 0.25) is 5.89 Å². The number of likely N-dealkylation sites (tertiary alicyclic amines) is 1. The van der Waals surface area contributed by atoms with Crippen molar-refractivity contribution in [2.24, 2.45) is 0 Å². The summed E-state index contributed by atoms with van der Waals surface area (Å²) in [5, 5.41) is 8.21. The lowest BCUT2D eigenvalue weighted by molar-refractivity contribution is 0.0706. The Morgan fingerprint density at radius 2 is 1.89 bits per heavy atom. The number of hydrogen-bond acceptors (Lipinski definition) is 7. The van der Waals surface area contributed by atoms with Gasteiger partial charge in [-0.2, -0.15) is 0 Å². The number of nitrogens with zero attached hydrogens (tertiary/aromatic N) is 3. The summed E-state index contributed by atoms with van der Waals surface area (Å²) < 4.78 is 21.6. The van der Waals surface area contributed by atoms with Crippen LogP contribution in [0.15, 0.2) is 45.4 Å². The fourth-order valence-electron chi connectivity index (χ4n) is 3.38. The number of methoxy groups -OCH3 is 2. The number of amides is 1. The van der Waals surface area contributed by atoms with E-state index in [4.69, 9.17) is 18.3 Å². The number of hydrogen-bond donors (Lipinski definition) is 0. The molecule has 3 heterocycles. The molecule has 0 atom stereocenters. The van der Waals surface area contributed by atoms with E-state index in [9.17, 15) is 4.79 Å². The number of aromatic nitrogens is 2. The molecule has 8 nitrogen and oxygen atoms in total. The Hall–Kier alpha value is -3.29. The van der Waals surface area contributed by atoms with Crippen LogP contribution in [0.3, 0.4) is 0 Å². The molecule has 0 radical (unpaired) electrons. The van der Waals surface area contributed by atoms with Crippen molar-refractivity contribution in [3.05, 3.63) is 48.0 Å². The Kier molecular flexibility index (Phi) is 5.01. The first kappa shape index (κ1) is 18.1. The third-order valence-electron chi connectivity index (χ3n) is 4.93. The van der Waals surface area contributed by atoms with Crippen LogP contribution in [0, 0.1) is 0 Å². The van der Waals surface area contributed by atoms with Gasteiger partial charge in [-0.05, 0) is 43.2 Å². The molecular formula is C20H21N3O5. The predicted molar refractivity (Wildman–Crippen MR) is 99.4 cm³/mol. The quantitative estimate of drug-likeness (QED) is 0.667. The Morgan fingerprint density at radius 3 is 2.57 bits per heavy atom. The van der Waals surface area contributed by atoms with Crippen LogP contribution in [0.25, 0.3) is 11.7 Å². The second kappa shape index (κ2) is 7.75. The maximum atomic E-state index is 12.8. The molecule has 0 bridgehead atoms. The third kappa shape index (κ3) is 3.45. The standard InChI is InChI=1S/C20H21N3O5/c1-25-15-6-5-14(12-17(15)26-2)20(24)23-9-7-13(8-10-23)18-21-22-19(28-18)16-4-3-11-27-16/h3-6,11-13H,7-10H2,1-2H3. The van der Waals surface area contributed by atoms with Crippen molar-refractivity contribution in [2.45, 2.75) is 18.8 Å². The van der Waals surface area contributed by atoms with E-state index in [0.29, 0.717) is 47.7 Å². The second-order valence-electron chi connectivity index (χ2n) is 6.56. The SMILES string of the molecule is COc1ccc(C(=O)N2CCC(c3nnc(-c4ccco4)o3)CC2)cc1OC. The van der Waals surface area contributed by atoms with E-state index in [-0.39, 0.29) is 11.8 Å². The van der Waals surface area contributed by atoms with Gasteiger partial charge in [-0.15, -0.1) is 10.2 Å². The number of carbonyl (C=O) groups excluding carboxylic acids is 1. The lowest BCUT2D eigenvalue weighted by Crippen LogP contribution is -2.38. The first-order chi connectivity index (χ1) is 13.7. The average Bonchev–Trinajstić information content (AvgIpc) is 3.44. The lowest BCUT2D eigenvalue weighted by atomic mass is 9.96. The molecule has 4 rings (SSSR count). The van der Waals surface area contributed by atoms with Crippen LogP contribution in [0.5, 0.6) is 11.5 Å². The van der Waals surface area contributed by atoms with E-state index >= 15 is 0 Å². The van der Waals surface area contributed by atoms with Gasteiger partial charge in [-0.25, -0.2) is 0 Å². The molecule has 1 aromatic carbocycles. The molecule has 0 spiro atoms. The molecule has 2 aromatic heterocycles. The molecule has 0 unspecified atom stereocenters. The first-order valence-electron chi connectivity index (χ1n) is 9.08. The highest BCUT2D eigenvalue weighted by Gasteiger charge is 2.28. The summed E-state index contributed by atoms with van der Waals surface area (Å²) in [6.07, 6.45) is 3.09. The summed E-state index contributed by atoms with van der Waals surface area (Å²) in [5.41, 5.74) is 0.578. The molecule has 1 aliphatic heterocycles. The first-order valence-corrected chi connectivity index (χ1v) is 9.08. The average molecular weight is 383 g/mol. The van der Waals surface area contributed by atoms with Gasteiger partial charge in [-0.1, -0.05) is 0 Å². The molecule has 1 aliphatic rings. The number of carbonyl (C=O) groups is 1. The number of furan rings is 1. The smallest absolute Gasteiger partial charge is 0.283 e. The highest BCUT2D eigenvalue weighted by atomic mass is 16.5. The van der Waals surface area contributed by atoms with Crippen molar-refractivity contribution < 1.29 is 23.1 Å². The van der Waals surface area contributed by atoms with Crippen LogP contribution in [-0.2, 0) is 0 Å². The van der Waals surface area contributed by atoms with Crippen LogP contribution < -0.4 is 9.47 Å². The zero-order valence-corrected chi connectivity index (χ0v) is 15.8. The molecule has 28 heavy (non-hydrogen) atoms. The molecule has 1 saturated heterocycles. The van der Waals surface area contributed by atoms with Crippen LogP contribution in [0.2, 0.25) is 0 Å². The normalized spacial score (nSPS) is 14.9. The van der Waals surface area contributed by atoms with Crippen LogP contribution in [0.4, 0.5) is 0 Å². The third-order valence-corrected chi connectivity index (χ3v) is 4.93. The summed E-state index contributed by atoms with van der Waals surface area (Å²) in [7, 11) is 3.12. The van der Waals surface area contributed by atoms with E-state index in [0.717, 1.165) is 12.8 Å². The highest BCUT2D eigenvalue weighted by molar-refractivity contribution is 5.95. The minimum Gasteiger partial charge on any atom is -0.493 e. The van der Waals surface area contributed by atoms with Gasteiger partial charge < -0.3 is 23.2 Å². The maximum absolute atomic E-state index is 12.8. The maximum Gasteiger partial charge on any atom is 0.283 e. The Balaban J connectivity index is 1.41. The fraction of sp³-hybridized carbons (Fsp3) is 0.350. The van der Waals surface area contributed by atoms with Crippen LogP contribution in [-0.4, -0.2) is 48.3 Å². The highest BCUT2D eigenvalue weighted by Crippen LogP contribution is 2.31. The van der Waals surface area contributed by atoms with Crippen molar-refractivity contribution in [3.63, 3.8) is 0 Å². The molecule has 0 aliphatic carbocycles. The molecule has 3 aromatic rings. The van der Waals surface area contributed by atoms with E-state index in [1.165, 1.54) is 0 Å². The molecular weight excluding hydrogens is 362 g/mol. The summed E-state index contributed by atoms with van der Waals surface area (Å²) in [4.78, 5) is 14.7. The van der Waals surface area contributed by atoms with Gasteiger partial charge in [-0.3, -0.25) is 4.79 Å². The zero-order chi connectivity index (χ0) is 19.5. The van der Waals surface area contributed by atoms with Crippen molar-refractivity contribution in [1.29, 1.82) is 0 Å². The zero-order valence-electron chi connectivity index (χ0n) is 15.8. The summed E-state index contributed by atoms with van der Waals surface area (Å²) in [6, 6.07) is 8.76. The number of rotatable bonds is 5. The summed E-state index contributed by atoms with van der Waals surface area (Å²) in [5.74, 6) is 2.77. The van der Waals surface area contributed by atoms with Crippen LogP contribution in [0.1, 0.15) is 35.0 Å². The topological polar surface area (TPSA) is 90.8 Å². The van der Waals surface area contributed by atoms with Crippen molar-refractivity contribution in [3.8, 4) is 23.1 Å². The van der Waals surface area contributed by atoms with Crippen molar-refractivity contribution in [2.75, 3.05) is 27.3 Å². The molecule has 146 valence electrons.